The van der Waals surface area contributed by atoms with Gasteiger partial charge in [-0.3, -0.25) is 0 Å². The van der Waals surface area contributed by atoms with Crippen molar-refractivity contribution in [1.82, 2.24) is 4.98 Å². The average molecular weight is 280 g/mol. The molecule has 2 saturated carbocycles. The lowest BCUT2D eigenvalue weighted by atomic mass is 9.92. The Hall–Kier alpha value is -0.940. The molecule has 0 unspecified atom stereocenters. The van der Waals surface area contributed by atoms with E-state index in [0.29, 0.717) is 10.8 Å². The molecule has 0 amide bonds. The van der Waals surface area contributed by atoms with E-state index < -0.39 is 11.5 Å². The van der Waals surface area contributed by atoms with Gasteiger partial charge in [-0.05, 0) is 25.7 Å². The molecule has 0 saturated heterocycles. The van der Waals surface area contributed by atoms with Crippen molar-refractivity contribution in [3.63, 3.8) is 0 Å². The molecule has 5 heteroatoms. The first-order chi connectivity index (χ1) is 9.10. The lowest BCUT2D eigenvalue weighted by molar-refractivity contribution is 0.0700. The molecule has 1 heterocycles. The lowest BCUT2D eigenvalue weighted by Gasteiger charge is -2.25. The predicted octanol–water partition coefficient (Wildman–Crippen LogP) is 3.23. The second-order valence-electron chi connectivity index (χ2n) is 5.88. The van der Waals surface area contributed by atoms with Crippen molar-refractivity contribution < 1.29 is 9.90 Å². The average Bonchev–Trinajstić information content (AvgIpc) is 3.15. The quantitative estimate of drug-likeness (QED) is 0.833. The molecule has 2 fully saturated rings. The van der Waals surface area contributed by atoms with Crippen LogP contribution in [0, 0.1) is 0 Å². The van der Waals surface area contributed by atoms with Gasteiger partial charge in [-0.25, -0.2) is 9.78 Å². The third-order valence-corrected chi connectivity index (χ3v) is 5.51. The van der Waals surface area contributed by atoms with E-state index in [4.69, 9.17) is 5.73 Å². The van der Waals surface area contributed by atoms with Crippen LogP contribution < -0.4 is 5.73 Å². The van der Waals surface area contributed by atoms with Gasteiger partial charge in [-0.1, -0.05) is 25.7 Å². The maximum atomic E-state index is 11.4. The van der Waals surface area contributed by atoms with Gasteiger partial charge >= 0.3 is 5.97 Å². The lowest BCUT2D eigenvalue weighted by Crippen LogP contribution is -2.35. The van der Waals surface area contributed by atoms with Crippen molar-refractivity contribution in [2.24, 2.45) is 5.73 Å². The number of rotatable bonds is 3. The maximum Gasteiger partial charge on any atom is 0.347 e. The fourth-order valence-corrected chi connectivity index (χ4v) is 4.05. The van der Waals surface area contributed by atoms with Gasteiger partial charge in [0.15, 0.2) is 0 Å². The van der Waals surface area contributed by atoms with Crippen molar-refractivity contribution in [1.29, 1.82) is 0 Å². The monoisotopic (exact) mass is 280 g/mol. The van der Waals surface area contributed by atoms with Crippen molar-refractivity contribution in [2.45, 2.75) is 62.8 Å². The Labute approximate surface area is 117 Å². The molecule has 0 radical (unpaired) electrons. The van der Waals surface area contributed by atoms with E-state index >= 15 is 0 Å². The first kappa shape index (κ1) is 13.1. The molecule has 19 heavy (non-hydrogen) atoms. The molecule has 2 aliphatic carbocycles. The molecule has 0 bridgehead atoms. The summed E-state index contributed by atoms with van der Waals surface area (Å²) < 4.78 is 0. The van der Waals surface area contributed by atoms with Crippen molar-refractivity contribution in [2.75, 3.05) is 0 Å². The summed E-state index contributed by atoms with van der Waals surface area (Å²) in [5.74, 6) is -0.478. The highest BCUT2D eigenvalue weighted by Crippen LogP contribution is 2.45. The Kier molecular flexibility index (Phi) is 3.35. The topological polar surface area (TPSA) is 76.2 Å². The van der Waals surface area contributed by atoms with Gasteiger partial charge in [-0.2, -0.15) is 0 Å². The van der Waals surface area contributed by atoms with Crippen LogP contribution in [0.25, 0.3) is 0 Å². The third-order valence-electron chi connectivity index (χ3n) is 4.23. The van der Waals surface area contributed by atoms with Crippen LogP contribution in [-0.2, 0) is 5.54 Å². The number of hydrogen-bond acceptors (Lipinski definition) is 4. The van der Waals surface area contributed by atoms with Crippen LogP contribution in [0.1, 0.15) is 77.7 Å². The second-order valence-corrected chi connectivity index (χ2v) is 6.88. The van der Waals surface area contributed by atoms with E-state index in [9.17, 15) is 9.90 Å². The molecule has 104 valence electrons. The van der Waals surface area contributed by atoms with E-state index in [1.54, 1.807) is 0 Å². The van der Waals surface area contributed by atoms with Crippen molar-refractivity contribution >= 4 is 17.3 Å². The molecule has 0 aromatic carbocycles. The van der Waals surface area contributed by atoms with Crippen molar-refractivity contribution in [3.05, 3.63) is 15.6 Å². The minimum absolute atomic E-state index is 0.366. The Morgan fingerprint density at radius 3 is 2.42 bits per heavy atom. The van der Waals surface area contributed by atoms with Crippen molar-refractivity contribution in [3.8, 4) is 0 Å². The van der Waals surface area contributed by atoms with Gasteiger partial charge in [-0.15, -0.1) is 11.3 Å². The number of carboxylic acid groups (broad SMARTS) is 1. The first-order valence-electron chi connectivity index (χ1n) is 7.13. The van der Waals surface area contributed by atoms with E-state index in [2.05, 4.69) is 4.98 Å². The summed E-state index contributed by atoms with van der Waals surface area (Å²) in [4.78, 5) is 16.4. The summed E-state index contributed by atoms with van der Waals surface area (Å²) >= 11 is 1.31. The summed E-state index contributed by atoms with van der Waals surface area (Å²) in [5.41, 5.74) is 6.94. The van der Waals surface area contributed by atoms with Crippen LogP contribution in [-0.4, -0.2) is 16.1 Å². The van der Waals surface area contributed by atoms with E-state index in [1.165, 1.54) is 24.2 Å². The molecule has 0 aliphatic heterocycles. The number of aromatic nitrogens is 1. The minimum Gasteiger partial charge on any atom is -0.477 e. The predicted molar refractivity (Wildman–Crippen MR) is 74.6 cm³/mol. The highest BCUT2D eigenvalue weighted by molar-refractivity contribution is 7.13. The Bertz CT molecular complexity index is 486. The Morgan fingerprint density at radius 2 is 1.89 bits per heavy atom. The molecule has 2 aliphatic rings. The summed E-state index contributed by atoms with van der Waals surface area (Å²) in [6, 6.07) is 0. The van der Waals surface area contributed by atoms with Crippen LogP contribution in [0.5, 0.6) is 0 Å². The first-order valence-corrected chi connectivity index (χ1v) is 7.95. The van der Waals surface area contributed by atoms with E-state index in [-0.39, 0.29) is 0 Å². The van der Waals surface area contributed by atoms with Gasteiger partial charge < -0.3 is 10.8 Å². The molecule has 4 nitrogen and oxygen atoms in total. The number of thiazole rings is 1. The molecule has 0 spiro atoms. The number of carbonyl (C=O) groups is 1. The van der Waals surface area contributed by atoms with Gasteiger partial charge in [0.05, 0.1) is 11.2 Å². The molecule has 3 rings (SSSR count). The van der Waals surface area contributed by atoms with Crippen LogP contribution in [0.2, 0.25) is 0 Å². The van der Waals surface area contributed by atoms with E-state index in [0.717, 1.165) is 49.2 Å². The maximum absolute atomic E-state index is 11.4. The molecular formula is C14H20N2O2S. The van der Waals surface area contributed by atoms with Gasteiger partial charge in [0.25, 0.3) is 0 Å². The number of hydrogen-bond donors (Lipinski definition) is 2. The molecule has 0 atom stereocenters. The van der Waals surface area contributed by atoms with Crippen LogP contribution in [0.4, 0.5) is 0 Å². The summed E-state index contributed by atoms with van der Waals surface area (Å²) in [5, 5.41) is 10.2. The number of nitrogens with zero attached hydrogens (tertiary/aromatic N) is 1. The highest BCUT2D eigenvalue weighted by Gasteiger charge is 2.37. The zero-order valence-corrected chi connectivity index (χ0v) is 11.8. The summed E-state index contributed by atoms with van der Waals surface area (Å²) in [7, 11) is 0. The zero-order chi connectivity index (χ0) is 13.5. The van der Waals surface area contributed by atoms with E-state index in [1.807, 2.05) is 0 Å². The third kappa shape index (κ3) is 2.54. The van der Waals surface area contributed by atoms with Gasteiger partial charge in [0.1, 0.15) is 9.88 Å². The van der Waals surface area contributed by atoms with Crippen LogP contribution in [0.3, 0.4) is 0 Å². The summed E-state index contributed by atoms with van der Waals surface area (Å²) in [6.45, 7) is 0. The Balaban J connectivity index is 1.95. The van der Waals surface area contributed by atoms with Crippen LogP contribution in [0.15, 0.2) is 0 Å². The molecule has 3 N–H and O–H groups in total. The largest absolute Gasteiger partial charge is 0.477 e. The molecule has 1 aromatic heterocycles. The van der Waals surface area contributed by atoms with Gasteiger partial charge in [0.2, 0.25) is 0 Å². The standard InChI is InChI=1S/C14H20N2O2S/c15-14(7-3-1-2-4-8-14)13-16-10(9-5-6-9)11(19-13)12(17)18/h9H,1-8,15H2,(H,17,18). The van der Waals surface area contributed by atoms with Gasteiger partial charge in [0, 0.05) is 5.92 Å². The fourth-order valence-electron chi connectivity index (χ4n) is 2.90. The minimum atomic E-state index is -0.845. The number of aromatic carboxylic acids is 1. The molecular weight excluding hydrogens is 260 g/mol. The normalized spacial score (nSPS) is 23.0. The zero-order valence-electron chi connectivity index (χ0n) is 11.0. The SMILES string of the molecule is NC1(c2nc(C3CC3)c(C(=O)O)s2)CCCCCC1. The van der Waals surface area contributed by atoms with Crippen LogP contribution >= 0.6 is 11.3 Å². The second kappa shape index (κ2) is 4.87. The number of carboxylic acids is 1. The Morgan fingerprint density at radius 1 is 1.26 bits per heavy atom. The summed E-state index contributed by atoms with van der Waals surface area (Å²) in [6.07, 6.45) is 8.71. The smallest absolute Gasteiger partial charge is 0.347 e. The molecule has 1 aromatic rings. The fraction of sp³-hybridized carbons (Fsp3) is 0.714. The highest BCUT2D eigenvalue weighted by atomic mass is 32.1. The number of nitrogens with two attached hydrogens (primary N) is 1.